The lowest BCUT2D eigenvalue weighted by molar-refractivity contribution is 0.393. The highest BCUT2D eigenvalue weighted by Crippen LogP contribution is 2.35. The third-order valence-corrected chi connectivity index (χ3v) is 3.43. The SMILES string of the molecule is COc1cc([C@@H](C)CCC=C(C)C)c(OC)cc1C. The minimum absolute atomic E-state index is 0.458. The number of benzene rings is 1. The van der Waals surface area contributed by atoms with Crippen molar-refractivity contribution in [3.8, 4) is 11.5 Å². The van der Waals surface area contributed by atoms with E-state index in [1.807, 2.05) is 6.92 Å². The van der Waals surface area contributed by atoms with Crippen molar-refractivity contribution in [1.82, 2.24) is 0 Å². The Bertz CT molecular complexity index is 443. The molecule has 0 saturated heterocycles. The Hall–Kier alpha value is -1.44. The Labute approximate surface area is 117 Å². The molecular weight excluding hydrogens is 236 g/mol. The molecule has 1 atom stereocenters. The standard InChI is InChI=1S/C17H26O2/c1-12(2)8-7-9-13(3)15-11-16(18-5)14(4)10-17(15)19-6/h8,10-11,13H,7,9H2,1-6H3/t13-/m0/s1. The van der Waals surface area contributed by atoms with Gasteiger partial charge >= 0.3 is 0 Å². The number of rotatable bonds is 6. The Morgan fingerprint density at radius 2 is 1.79 bits per heavy atom. The molecule has 0 heterocycles. The predicted octanol–water partition coefficient (Wildman–Crippen LogP) is 4.86. The van der Waals surface area contributed by atoms with Crippen LogP contribution >= 0.6 is 0 Å². The van der Waals surface area contributed by atoms with E-state index in [9.17, 15) is 0 Å². The molecule has 1 rings (SSSR count). The molecule has 0 N–H and O–H groups in total. The van der Waals surface area contributed by atoms with Gasteiger partial charge in [-0.3, -0.25) is 0 Å². The molecule has 0 unspecified atom stereocenters. The van der Waals surface area contributed by atoms with Crippen LogP contribution in [0.3, 0.4) is 0 Å². The third-order valence-electron chi connectivity index (χ3n) is 3.43. The zero-order valence-electron chi connectivity index (χ0n) is 13.0. The zero-order chi connectivity index (χ0) is 14.4. The van der Waals surface area contributed by atoms with Gasteiger partial charge in [0.15, 0.2) is 0 Å². The van der Waals surface area contributed by atoms with Crippen LogP contribution in [0.15, 0.2) is 23.8 Å². The number of allylic oxidation sites excluding steroid dienone is 2. The van der Waals surface area contributed by atoms with Crippen molar-refractivity contribution in [3.05, 3.63) is 34.9 Å². The highest BCUT2D eigenvalue weighted by Gasteiger charge is 2.14. The summed E-state index contributed by atoms with van der Waals surface area (Å²) in [7, 11) is 3.44. The van der Waals surface area contributed by atoms with Gasteiger partial charge in [-0.2, -0.15) is 0 Å². The van der Waals surface area contributed by atoms with Crippen LogP contribution in [0.5, 0.6) is 11.5 Å². The van der Waals surface area contributed by atoms with E-state index >= 15 is 0 Å². The minimum atomic E-state index is 0.458. The summed E-state index contributed by atoms with van der Waals surface area (Å²) in [5.41, 5.74) is 3.72. The van der Waals surface area contributed by atoms with Crippen LogP contribution in [0.25, 0.3) is 0 Å². The lowest BCUT2D eigenvalue weighted by Crippen LogP contribution is -2.00. The van der Waals surface area contributed by atoms with Crippen molar-refractivity contribution in [2.75, 3.05) is 14.2 Å². The summed E-state index contributed by atoms with van der Waals surface area (Å²) in [6.45, 7) is 8.56. The van der Waals surface area contributed by atoms with E-state index in [-0.39, 0.29) is 0 Å². The fraction of sp³-hybridized carbons (Fsp3) is 0.529. The van der Waals surface area contributed by atoms with Crippen LogP contribution in [0.1, 0.15) is 50.7 Å². The lowest BCUT2D eigenvalue weighted by atomic mass is 9.93. The zero-order valence-corrected chi connectivity index (χ0v) is 13.0. The molecule has 0 spiro atoms. The largest absolute Gasteiger partial charge is 0.496 e. The van der Waals surface area contributed by atoms with Crippen LogP contribution < -0.4 is 9.47 Å². The average molecular weight is 262 g/mol. The first-order valence-corrected chi connectivity index (χ1v) is 6.85. The number of hydrogen-bond donors (Lipinski definition) is 0. The third kappa shape index (κ3) is 4.30. The first-order chi connectivity index (χ1) is 8.99. The second-order valence-corrected chi connectivity index (χ2v) is 5.32. The number of ether oxygens (including phenoxy) is 2. The fourth-order valence-electron chi connectivity index (χ4n) is 2.24. The fourth-order valence-corrected chi connectivity index (χ4v) is 2.24. The first kappa shape index (κ1) is 15.6. The highest BCUT2D eigenvalue weighted by atomic mass is 16.5. The van der Waals surface area contributed by atoms with Gasteiger partial charge in [0.1, 0.15) is 11.5 Å². The van der Waals surface area contributed by atoms with E-state index in [1.54, 1.807) is 14.2 Å². The molecule has 0 fully saturated rings. The van der Waals surface area contributed by atoms with Gasteiger partial charge in [-0.25, -0.2) is 0 Å². The van der Waals surface area contributed by atoms with Gasteiger partial charge in [-0.05, 0) is 57.2 Å². The van der Waals surface area contributed by atoms with Crippen LogP contribution in [-0.4, -0.2) is 14.2 Å². The maximum Gasteiger partial charge on any atom is 0.122 e. The molecule has 1 aromatic carbocycles. The van der Waals surface area contributed by atoms with Crippen molar-refractivity contribution < 1.29 is 9.47 Å². The molecule has 0 aromatic heterocycles. The molecule has 0 aliphatic carbocycles. The second kappa shape index (κ2) is 7.22. The van der Waals surface area contributed by atoms with E-state index in [1.165, 1.54) is 11.1 Å². The van der Waals surface area contributed by atoms with E-state index in [0.29, 0.717) is 5.92 Å². The summed E-state index contributed by atoms with van der Waals surface area (Å²) in [5.74, 6) is 2.35. The van der Waals surface area contributed by atoms with Gasteiger partial charge in [0.2, 0.25) is 0 Å². The summed E-state index contributed by atoms with van der Waals surface area (Å²) in [4.78, 5) is 0. The number of hydrogen-bond acceptors (Lipinski definition) is 2. The van der Waals surface area contributed by atoms with Crippen LogP contribution in [0.2, 0.25) is 0 Å². The molecule has 0 aliphatic rings. The molecule has 0 aliphatic heterocycles. The minimum Gasteiger partial charge on any atom is -0.496 e. The smallest absolute Gasteiger partial charge is 0.122 e. The maximum atomic E-state index is 5.50. The highest BCUT2D eigenvalue weighted by molar-refractivity contribution is 5.47. The quantitative estimate of drug-likeness (QED) is 0.681. The molecule has 2 nitrogen and oxygen atoms in total. The molecule has 0 amide bonds. The van der Waals surface area contributed by atoms with Gasteiger partial charge in [0.25, 0.3) is 0 Å². The van der Waals surface area contributed by atoms with E-state index in [4.69, 9.17) is 9.47 Å². The van der Waals surface area contributed by atoms with Gasteiger partial charge in [0.05, 0.1) is 14.2 Å². The maximum absolute atomic E-state index is 5.50. The van der Waals surface area contributed by atoms with Gasteiger partial charge in [-0.1, -0.05) is 18.6 Å². The first-order valence-electron chi connectivity index (χ1n) is 6.85. The van der Waals surface area contributed by atoms with Crippen molar-refractivity contribution in [2.24, 2.45) is 0 Å². The summed E-state index contributed by atoms with van der Waals surface area (Å²) in [6, 6.07) is 4.17. The Balaban J connectivity index is 2.93. The monoisotopic (exact) mass is 262 g/mol. The summed E-state index contributed by atoms with van der Waals surface area (Å²) >= 11 is 0. The molecule has 2 heteroatoms. The van der Waals surface area contributed by atoms with Crippen molar-refractivity contribution in [1.29, 1.82) is 0 Å². The van der Waals surface area contributed by atoms with Crippen molar-refractivity contribution >= 4 is 0 Å². The lowest BCUT2D eigenvalue weighted by Gasteiger charge is -2.18. The Kier molecular flexibility index (Phi) is 5.94. The molecule has 0 saturated carbocycles. The summed E-state index contributed by atoms with van der Waals surface area (Å²) in [6.07, 6.45) is 4.50. The molecule has 106 valence electrons. The van der Waals surface area contributed by atoms with E-state index < -0.39 is 0 Å². The van der Waals surface area contributed by atoms with Crippen LogP contribution in [-0.2, 0) is 0 Å². The van der Waals surface area contributed by atoms with Crippen molar-refractivity contribution in [3.63, 3.8) is 0 Å². The number of aryl methyl sites for hydroxylation is 1. The molecule has 0 radical (unpaired) electrons. The normalized spacial score (nSPS) is 11.9. The van der Waals surface area contributed by atoms with E-state index in [0.717, 1.165) is 29.9 Å². The van der Waals surface area contributed by atoms with Crippen LogP contribution in [0.4, 0.5) is 0 Å². The summed E-state index contributed by atoms with van der Waals surface area (Å²) in [5, 5.41) is 0. The molecule has 19 heavy (non-hydrogen) atoms. The second-order valence-electron chi connectivity index (χ2n) is 5.32. The van der Waals surface area contributed by atoms with Gasteiger partial charge in [-0.15, -0.1) is 0 Å². The van der Waals surface area contributed by atoms with E-state index in [2.05, 4.69) is 39.0 Å². The topological polar surface area (TPSA) is 18.5 Å². The van der Waals surface area contributed by atoms with Gasteiger partial charge < -0.3 is 9.47 Å². The Morgan fingerprint density at radius 1 is 1.16 bits per heavy atom. The van der Waals surface area contributed by atoms with Gasteiger partial charge in [0, 0.05) is 5.56 Å². The number of methoxy groups -OCH3 is 2. The molecule has 1 aromatic rings. The summed E-state index contributed by atoms with van der Waals surface area (Å²) < 4.78 is 10.9. The Morgan fingerprint density at radius 3 is 2.32 bits per heavy atom. The molecular formula is C17H26O2. The van der Waals surface area contributed by atoms with Crippen molar-refractivity contribution in [2.45, 2.75) is 46.5 Å². The predicted molar refractivity (Wildman–Crippen MR) is 81.4 cm³/mol. The van der Waals surface area contributed by atoms with Crippen LogP contribution in [0, 0.1) is 6.92 Å². The molecule has 0 bridgehead atoms. The average Bonchev–Trinajstić information content (AvgIpc) is 2.37.